The molecule has 154 valence electrons. The minimum absolute atomic E-state index is 0.0525. The molecule has 1 saturated heterocycles. The van der Waals surface area contributed by atoms with Crippen LogP contribution < -0.4 is 5.56 Å². The van der Waals surface area contributed by atoms with Gasteiger partial charge >= 0.3 is 0 Å². The number of hydrogen-bond donors (Lipinski definition) is 0. The molecule has 0 N–H and O–H groups in total. The maximum Gasteiger partial charge on any atom is 0.274 e. The van der Waals surface area contributed by atoms with Gasteiger partial charge in [-0.3, -0.25) is 9.59 Å². The van der Waals surface area contributed by atoms with Crippen molar-refractivity contribution in [2.45, 2.75) is 26.2 Å². The van der Waals surface area contributed by atoms with Crippen molar-refractivity contribution in [2.24, 2.45) is 5.41 Å². The topological polar surface area (TPSA) is 55.2 Å². The second-order valence-corrected chi connectivity index (χ2v) is 8.22. The molecule has 1 atom stereocenters. The molecule has 0 radical (unpaired) electrons. The molecular weight excluding hydrogens is 381 g/mol. The van der Waals surface area contributed by atoms with Crippen molar-refractivity contribution in [3.63, 3.8) is 0 Å². The van der Waals surface area contributed by atoms with Crippen molar-refractivity contribution >= 4 is 5.91 Å². The van der Waals surface area contributed by atoms with Crippen LogP contribution in [0.1, 0.15) is 35.8 Å². The van der Waals surface area contributed by atoms with Crippen LogP contribution in [-0.2, 0) is 6.42 Å². The van der Waals surface area contributed by atoms with E-state index in [4.69, 9.17) is 0 Å². The lowest BCUT2D eigenvalue weighted by atomic mass is 9.83. The van der Waals surface area contributed by atoms with Gasteiger partial charge in [-0.2, -0.15) is 9.78 Å². The molecule has 0 unspecified atom stereocenters. The van der Waals surface area contributed by atoms with Gasteiger partial charge in [-0.15, -0.1) is 0 Å². The third kappa shape index (κ3) is 4.32. The third-order valence-corrected chi connectivity index (χ3v) is 5.80. The van der Waals surface area contributed by atoms with Crippen LogP contribution in [0.4, 0.5) is 4.39 Å². The zero-order chi connectivity index (χ0) is 21.1. The molecule has 1 amide bonds. The number of aromatic nitrogens is 2. The minimum Gasteiger partial charge on any atom is -0.337 e. The van der Waals surface area contributed by atoms with Crippen molar-refractivity contribution in [2.75, 3.05) is 13.1 Å². The number of aryl methyl sites for hydroxylation is 1. The number of likely N-dealkylation sites (tertiary alicyclic amines) is 1. The molecular formula is C24H24FN3O2. The second-order valence-electron chi connectivity index (χ2n) is 8.22. The SMILES string of the molecule is C[C@]1(CCc2ccccc2)CCN(C(=O)c2ccc(=O)n(-c3ccc(F)cc3)n2)C1. The van der Waals surface area contributed by atoms with Crippen molar-refractivity contribution < 1.29 is 9.18 Å². The number of amides is 1. The molecule has 1 aliphatic heterocycles. The van der Waals surface area contributed by atoms with E-state index in [1.165, 1.54) is 42.0 Å². The molecule has 0 saturated carbocycles. The zero-order valence-electron chi connectivity index (χ0n) is 16.9. The number of hydrogen-bond acceptors (Lipinski definition) is 3. The van der Waals surface area contributed by atoms with E-state index < -0.39 is 5.82 Å². The Morgan fingerprint density at radius 1 is 1.07 bits per heavy atom. The lowest BCUT2D eigenvalue weighted by molar-refractivity contribution is 0.0766. The number of carbonyl (C=O) groups is 1. The van der Waals surface area contributed by atoms with Crippen molar-refractivity contribution in [3.05, 3.63) is 94.2 Å². The van der Waals surface area contributed by atoms with Crippen LogP contribution in [0.25, 0.3) is 5.69 Å². The van der Waals surface area contributed by atoms with Gasteiger partial charge in [0.25, 0.3) is 11.5 Å². The van der Waals surface area contributed by atoms with Gasteiger partial charge in [-0.05, 0) is 60.6 Å². The van der Waals surface area contributed by atoms with E-state index in [-0.39, 0.29) is 22.6 Å². The summed E-state index contributed by atoms with van der Waals surface area (Å²) in [6.45, 7) is 3.55. The zero-order valence-corrected chi connectivity index (χ0v) is 16.9. The van der Waals surface area contributed by atoms with Gasteiger partial charge in [0.05, 0.1) is 5.69 Å². The van der Waals surface area contributed by atoms with Crippen molar-refractivity contribution in [1.29, 1.82) is 0 Å². The van der Waals surface area contributed by atoms with Gasteiger partial charge in [-0.1, -0.05) is 37.3 Å². The molecule has 1 fully saturated rings. The highest BCUT2D eigenvalue weighted by Crippen LogP contribution is 2.35. The average molecular weight is 405 g/mol. The van der Waals surface area contributed by atoms with Crippen LogP contribution in [0.3, 0.4) is 0 Å². The van der Waals surface area contributed by atoms with Crippen LogP contribution in [0.2, 0.25) is 0 Å². The quantitative estimate of drug-likeness (QED) is 0.648. The summed E-state index contributed by atoms with van der Waals surface area (Å²) in [5.41, 5.74) is 1.62. The molecule has 3 aromatic rings. The smallest absolute Gasteiger partial charge is 0.274 e. The Morgan fingerprint density at radius 2 is 1.80 bits per heavy atom. The normalized spacial score (nSPS) is 18.5. The molecule has 1 aromatic heterocycles. The van der Waals surface area contributed by atoms with Gasteiger partial charge < -0.3 is 4.90 Å². The fourth-order valence-corrected chi connectivity index (χ4v) is 3.95. The summed E-state index contributed by atoms with van der Waals surface area (Å²) in [6, 6.07) is 18.6. The Balaban J connectivity index is 1.48. The first-order valence-electron chi connectivity index (χ1n) is 10.1. The van der Waals surface area contributed by atoms with E-state index in [0.717, 1.165) is 23.9 Å². The Bertz CT molecular complexity index is 1100. The molecule has 4 rings (SSSR count). The van der Waals surface area contributed by atoms with Gasteiger partial charge in [0.2, 0.25) is 0 Å². The maximum absolute atomic E-state index is 13.2. The number of nitrogens with zero attached hydrogens (tertiary/aromatic N) is 3. The lowest BCUT2D eigenvalue weighted by Crippen LogP contribution is -2.33. The van der Waals surface area contributed by atoms with Crippen LogP contribution >= 0.6 is 0 Å². The Morgan fingerprint density at radius 3 is 2.53 bits per heavy atom. The number of halogens is 1. The molecule has 0 aliphatic carbocycles. The average Bonchev–Trinajstić information content (AvgIpc) is 3.16. The van der Waals surface area contributed by atoms with Crippen molar-refractivity contribution in [1.82, 2.24) is 14.7 Å². The summed E-state index contributed by atoms with van der Waals surface area (Å²) < 4.78 is 14.3. The molecule has 2 heterocycles. The standard InChI is InChI=1S/C24H24FN3O2/c1-24(14-13-18-5-3-2-4-6-18)15-16-27(17-24)23(30)21-11-12-22(29)28(26-21)20-9-7-19(25)8-10-20/h2-12H,13-17H2,1H3/t24-/m0/s1. The Hall–Kier alpha value is -3.28. The highest BCUT2D eigenvalue weighted by Gasteiger charge is 2.36. The summed E-state index contributed by atoms with van der Waals surface area (Å²) in [6.07, 6.45) is 2.92. The van der Waals surface area contributed by atoms with E-state index in [9.17, 15) is 14.0 Å². The molecule has 6 heteroatoms. The predicted molar refractivity (Wildman–Crippen MR) is 113 cm³/mol. The van der Waals surface area contributed by atoms with E-state index in [1.54, 1.807) is 0 Å². The van der Waals surface area contributed by atoms with Crippen molar-refractivity contribution in [3.8, 4) is 5.69 Å². The predicted octanol–water partition coefficient (Wildman–Crippen LogP) is 3.86. The highest BCUT2D eigenvalue weighted by atomic mass is 19.1. The Labute approximate surface area is 174 Å². The summed E-state index contributed by atoms with van der Waals surface area (Å²) >= 11 is 0. The first-order chi connectivity index (χ1) is 14.4. The summed E-state index contributed by atoms with van der Waals surface area (Å²) in [7, 11) is 0. The van der Waals surface area contributed by atoms with Gasteiger partial charge in [-0.25, -0.2) is 4.39 Å². The van der Waals surface area contributed by atoms with Gasteiger partial charge in [0, 0.05) is 19.2 Å². The maximum atomic E-state index is 13.2. The molecule has 0 spiro atoms. The fraction of sp³-hybridized carbons (Fsp3) is 0.292. The summed E-state index contributed by atoms with van der Waals surface area (Å²) in [5, 5.41) is 4.25. The third-order valence-electron chi connectivity index (χ3n) is 5.80. The Kier molecular flexibility index (Phi) is 5.48. The van der Waals surface area contributed by atoms with Crippen LogP contribution in [0.5, 0.6) is 0 Å². The van der Waals surface area contributed by atoms with Crippen LogP contribution in [-0.4, -0.2) is 33.7 Å². The first kappa shape index (κ1) is 20.0. The van der Waals surface area contributed by atoms with E-state index in [1.807, 2.05) is 23.1 Å². The molecule has 2 aromatic carbocycles. The van der Waals surface area contributed by atoms with Crippen LogP contribution in [0, 0.1) is 11.2 Å². The monoisotopic (exact) mass is 405 g/mol. The number of carbonyl (C=O) groups excluding carboxylic acids is 1. The van der Waals surface area contributed by atoms with Crippen LogP contribution in [0.15, 0.2) is 71.5 Å². The summed E-state index contributed by atoms with van der Waals surface area (Å²) in [5.74, 6) is -0.583. The molecule has 1 aliphatic rings. The largest absolute Gasteiger partial charge is 0.337 e. The van der Waals surface area contributed by atoms with Gasteiger partial charge in [0.15, 0.2) is 0 Å². The summed E-state index contributed by atoms with van der Waals surface area (Å²) in [4.78, 5) is 27.1. The minimum atomic E-state index is -0.397. The molecule has 0 bridgehead atoms. The van der Waals surface area contributed by atoms with E-state index in [2.05, 4.69) is 24.2 Å². The number of benzene rings is 2. The first-order valence-corrected chi connectivity index (χ1v) is 10.1. The fourth-order valence-electron chi connectivity index (χ4n) is 3.95. The molecule has 5 nitrogen and oxygen atoms in total. The number of rotatable bonds is 5. The second kappa shape index (κ2) is 8.22. The molecule has 30 heavy (non-hydrogen) atoms. The van der Waals surface area contributed by atoms with E-state index >= 15 is 0 Å². The van der Waals surface area contributed by atoms with E-state index in [0.29, 0.717) is 18.8 Å². The lowest BCUT2D eigenvalue weighted by Gasteiger charge is -2.24. The highest BCUT2D eigenvalue weighted by molar-refractivity contribution is 5.92. The van der Waals surface area contributed by atoms with Gasteiger partial charge in [0.1, 0.15) is 11.5 Å².